The van der Waals surface area contributed by atoms with Crippen LogP contribution in [-0.4, -0.2) is 25.9 Å². The number of hydrazine groups is 1. The van der Waals surface area contributed by atoms with Gasteiger partial charge in [0.1, 0.15) is 5.75 Å². The molecule has 3 atom stereocenters. The predicted octanol–water partition coefficient (Wildman–Crippen LogP) is 1.88. The van der Waals surface area contributed by atoms with Crippen LogP contribution >= 0.6 is 0 Å². The Morgan fingerprint density at radius 3 is 2.68 bits per heavy atom. The molecule has 1 fully saturated rings. The molecule has 1 aromatic rings. The maximum absolute atomic E-state index is 5.78. The van der Waals surface area contributed by atoms with Crippen molar-refractivity contribution in [2.24, 2.45) is 11.8 Å². The van der Waals surface area contributed by atoms with Gasteiger partial charge >= 0.3 is 0 Å². The molecule has 1 saturated heterocycles. The van der Waals surface area contributed by atoms with Crippen molar-refractivity contribution < 1.29 is 9.47 Å². The number of nitrogens with two attached hydrogens (primary N) is 1. The fraction of sp³-hybridized carbons (Fsp3) is 0.600. The summed E-state index contributed by atoms with van der Waals surface area (Å²) in [7, 11) is 1.68. The minimum absolute atomic E-state index is 0.222. The van der Waals surface area contributed by atoms with Crippen LogP contribution in [0, 0.1) is 5.92 Å². The van der Waals surface area contributed by atoms with E-state index < -0.39 is 0 Å². The molecule has 19 heavy (non-hydrogen) atoms. The van der Waals surface area contributed by atoms with Crippen LogP contribution in [0.15, 0.2) is 24.3 Å². The highest BCUT2D eigenvalue weighted by atomic mass is 16.5. The summed E-state index contributed by atoms with van der Waals surface area (Å²) in [5.41, 5.74) is 4.22. The number of rotatable bonds is 6. The van der Waals surface area contributed by atoms with Crippen LogP contribution in [0.5, 0.6) is 5.75 Å². The van der Waals surface area contributed by atoms with E-state index in [4.69, 9.17) is 15.3 Å². The number of hydrogen-bond acceptors (Lipinski definition) is 4. The minimum Gasteiger partial charge on any atom is -0.497 e. The second-order valence-corrected chi connectivity index (χ2v) is 5.26. The van der Waals surface area contributed by atoms with Gasteiger partial charge in [-0.1, -0.05) is 19.1 Å². The van der Waals surface area contributed by atoms with E-state index in [9.17, 15) is 0 Å². The van der Waals surface area contributed by atoms with Gasteiger partial charge in [0.25, 0.3) is 0 Å². The standard InChI is InChI=1S/C15H24N2O2/c1-11-9-10-19-15(11)14(17-16)8-5-12-3-6-13(18-2)7-4-12/h3-4,6-7,11,14-15,17H,5,8-10,16H2,1-2H3. The molecule has 106 valence electrons. The Balaban J connectivity index is 1.88. The first-order chi connectivity index (χ1) is 9.24. The number of hydrogen-bond donors (Lipinski definition) is 2. The molecule has 0 radical (unpaired) electrons. The zero-order valence-electron chi connectivity index (χ0n) is 11.8. The lowest BCUT2D eigenvalue weighted by molar-refractivity contribution is 0.0584. The van der Waals surface area contributed by atoms with Crippen molar-refractivity contribution in [1.82, 2.24) is 5.43 Å². The van der Waals surface area contributed by atoms with Gasteiger partial charge in [-0.3, -0.25) is 11.3 Å². The molecule has 3 unspecified atom stereocenters. The number of ether oxygens (including phenoxy) is 2. The first-order valence-electron chi connectivity index (χ1n) is 6.95. The Hall–Kier alpha value is -1.10. The van der Waals surface area contributed by atoms with E-state index in [1.165, 1.54) is 5.56 Å². The zero-order valence-corrected chi connectivity index (χ0v) is 11.8. The highest BCUT2D eigenvalue weighted by Crippen LogP contribution is 2.25. The molecule has 4 heteroatoms. The highest BCUT2D eigenvalue weighted by molar-refractivity contribution is 5.27. The van der Waals surface area contributed by atoms with Crippen LogP contribution in [0.2, 0.25) is 0 Å². The largest absolute Gasteiger partial charge is 0.497 e. The third kappa shape index (κ3) is 3.69. The molecular weight excluding hydrogens is 240 g/mol. The molecule has 1 heterocycles. The van der Waals surface area contributed by atoms with Gasteiger partial charge in [-0.15, -0.1) is 0 Å². The fourth-order valence-corrected chi connectivity index (χ4v) is 2.69. The van der Waals surface area contributed by atoms with E-state index in [-0.39, 0.29) is 12.1 Å². The van der Waals surface area contributed by atoms with Crippen LogP contribution in [0.25, 0.3) is 0 Å². The highest BCUT2D eigenvalue weighted by Gasteiger charge is 2.31. The van der Waals surface area contributed by atoms with Crippen LogP contribution in [0.1, 0.15) is 25.3 Å². The number of benzene rings is 1. The summed E-state index contributed by atoms with van der Waals surface area (Å²) < 4.78 is 10.9. The fourth-order valence-electron chi connectivity index (χ4n) is 2.69. The average Bonchev–Trinajstić information content (AvgIpc) is 2.87. The lowest BCUT2D eigenvalue weighted by Crippen LogP contribution is -2.46. The molecule has 4 nitrogen and oxygen atoms in total. The van der Waals surface area contributed by atoms with Gasteiger partial charge in [-0.25, -0.2) is 0 Å². The molecule has 0 saturated carbocycles. The normalized spacial score (nSPS) is 24.4. The Bertz CT molecular complexity index is 380. The Morgan fingerprint density at radius 1 is 1.42 bits per heavy atom. The smallest absolute Gasteiger partial charge is 0.118 e. The van der Waals surface area contributed by atoms with E-state index in [0.29, 0.717) is 5.92 Å². The zero-order chi connectivity index (χ0) is 13.7. The van der Waals surface area contributed by atoms with Crippen molar-refractivity contribution in [1.29, 1.82) is 0 Å². The Morgan fingerprint density at radius 2 is 2.16 bits per heavy atom. The molecule has 2 rings (SSSR count). The van der Waals surface area contributed by atoms with Crippen molar-refractivity contribution in [3.05, 3.63) is 29.8 Å². The summed E-state index contributed by atoms with van der Waals surface area (Å²) in [6.07, 6.45) is 3.34. The van der Waals surface area contributed by atoms with Crippen LogP contribution < -0.4 is 16.0 Å². The summed E-state index contributed by atoms with van der Waals surface area (Å²) in [6.45, 7) is 3.09. The van der Waals surface area contributed by atoms with E-state index >= 15 is 0 Å². The number of nitrogens with one attached hydrogen (secondary N) is 1. The number of methoxy groups -OCH3 is 1. The predicted molar refractivity (Wildman–Crippen MR) is 75.9 cm³/mol. The first-order valence-corrected chi connectivity index (χ1v) is 6.95. The SMILES string of the molecule is COc1ccc(CCC(NN)C2OCCC2C)cc1. The summed E-state index contributed by atoms with van der Waals surface area (Å²) in [5, 5.41) is 0. The van der Waals surface area contributed by atoms with Gasteiger partial charge < -0.3 is 9.47 Å². The van der Waals surface area contributed by atoms with Crippen molar-refractivity contribution in [2.45, 2.75) is 38.3 Å². The summed E-state index contributed by atoms with van der Waals surface area (Å²) in [4.78, 5) is 0. The summed E-state index contributed by atoms with van der Waals surface area (Å²) in [6, 6.07) is 8.42. The third-order valence-electron chi connectivity index (χ3n) is 3.96. The lowest BCUT2D eigenvalue weighted by Gasteiger charge is -2.25. The van der Waals surface area contributed by atoms with Crippen molar-refractivity contribution >= 4 is 0 Å². The van der Waals surface area contributed by atoms with Crippen LogP contribution in [0.4, 0.5) is 0 Å². The van der Waals surface area contributed by atoms with Gasteiger partial charge in [-0.05, 0) is 42.9 Å². The molecule has 0 bridgehead atoms. The molecular formula is C15H24N2O2. The molecule has 1 aromatic carbocycles. The van der Waals surface area contributed by atoms with E-state index in [1.807, 2.05) is 12.1 Å². The second kappa shape index (κ2) is 6.89. The third-order valence-corrected chi connectivity index (χ3v) is 3.96. The monoisotopic (exact) mass is 264 g/mol. The Labute approximate surface area is 115 Å². The van der Waals surface area contributed by atoms with Gasteiger partial charge in [0.05, 0.1) is 13.2 Å². The van der Waals surface area contributed by atoms with Crippen molar-refractivity contribution in [3.8, 4) is 5.75 Å². The molecule has 1 aliphatic heterocycles. The lowest BCUT2D eigenvalue weighted by atomic mass is 9.93. The van der Waals surface area contributed by atoms with E-state index in [1.54, 1.807) is 7.11 Å². The minimum atomic E-state index is 0.222. The maximum Gasteiger partial charge on any atom is 0.118 e. The van der Waals surface area contributed by atoms with Crippen LogP contribution in [-0.2, 0) is 11.2 Å². The molecule has 0 aromatic heterocycles. The molecule has 1 aliphatic rings. The average molecular weight is 264 g/mol. The topological polar surface area (TPSA) is 56.5 Å². The van der Waals surface area contributed by atoms with E-state index in [2.05, 4.69) is 24.5 Å². The molecule has 0 spiro atoms. The maximum atomic E-state index is 5.78. The molecule has 0 amide bonds. The quantitative estimate of drug-likeness (QED) is 0.608. The van der Waals surface area contributed by atoms with Gasteiger partial charge in [0.15, 0.2) is 0 Å². The number of aryl methyl sites for hydroxylation is 1. The Kier molecular flexibility index (Phi) is 5.19. The van der Waals surface area contributed by atoms with Gasteiger partial charge in [0.2, 0.25) is 0 Å². The van der Waals surface area contributed by atoms with Gasteiger partial charge in [-0.2, -0.15) is 0 Å². The van der Waals surface area contributed by atoms with Crippen molar-refractivity contribution in [3.63, 3.8) is 0 Å². The molecule has 3 N–H and O–H groups in total. The van der Waals surface area contributed by atoms with Crippen LogP contribution in [0.3, 0.4) is 0 Å². The second-order valence-electron chi connectivity index (χ2n) is 5.26. The van der Waals surface area contributed by atoms with E-state index in [0.717, 1.165) is 31.6 Å². The summed E-state index contributed by atoms with van der Waals surface area (Å²) in [5.74, 6) is 7.15. The van der Waals surface area contributed by atoms with Crippen molar-refractivity contribution in [2.75, 3.05) is 13.7 Å². The first kappa shape index (κ1) is 14.3. The molecule has 0 aliphatic carbocycles. The van der Waals surface area contributed by atoms with Gasteiger partial charge in [0, 0.05) is 12.6 Å². The summed E-state index contributed by atoms with van der Waals surface area (Å²) >= 11 is 0.